The van der Waals surface area contributed by atoms with Gasteiger partial charge in [-0.3, -0.25) is 9.59 Å². The lowest BCUT2D eigenvalue weighted by molar-refractivity contribution is -0.158. The second-order valence-electron chi connectivity index (χ2n) is 7.29. The van der Waals surface area contributed by atoms with Crippen molar-refractivity contribution in [2.75, 3.05) is 14.1 Å². The first-order chi connectivity index (χ1) is 13.5. The van der Waals surface area contributed by atoms with Gasteiger partial charge in [-0.05, 0) is 23.3 Å². The molecule has 2 amide bonds. The van der Waals surface area contributed by atoms with Gasteiger partial charge < -0.3 is 14.8 Å². The topological polar surface area (TPSA) is 56.4 Å². The van der Waals surface area contributed by atoms with Crippen LogP contribution in [0.2, 0.25) is 0 Å². The molecular formula is C22H22FN3O2. The number of benzene rings is 2. The highest BCUT2D eigenvalue weighted by Crippen LogP contribution is 2.25. The molecule has 0 radical (unpaired) electrons. The Morgan fingerprint density at radius 1 is 0.857 bits per heavy atom. The SMILES string of the molecule is CN1C(=O)[C@H](Cc2c[nH]c3ccccc23)N(C)C(=O)[C@@H]1Cc1ccccc1F. The Bertz CT molecular complexity index is 1040. The van der Waals surface area contributed by atoms with Gasteiger partial charge in [0.2, 0.25) is 11.8 Å². The van der Waals surface area contributed by atoms with E-state index in [1.165, 1.54) is 15.9 Å². The standard InChI is InChI=1S/C22H22FN3O2/c1-25-19(11-14-7-3-5-9-17(14)23)21(27)26(2)20(22(25)28)12-15-13-24-18-10-6-4-8-16(15)18/h3-10,13,19-20,24H,11-12H2,1-2H3/t19-,20-/m0/s1. The molecule has 1 aromatic heterocycles. The molecule has 1 N–H and O–H groups in total. The van der Waals surface area contributed by atoms with E-state index in [1.807, 2.05) is 30.5 Å². The van der Waals surface area contributed by atoms with Crippen LogP contribution in [0.4, 0.5) is 4.39 Å². The molecule has 0 unspecified atom stereocenters. The summed E-state index contributed by atoms with van der Waals surface area (Å²) in [6.45, 7) is 0. The van der Waals surface area contributed by atoms with Gasteiger partial charge in [0.1, 0.15) is 17.9 Å². The summed E-state index contributed by atoms with van der Waals surface area (Å²) in [5.41, 5.74) is 2.43. The fourth-order valence-corrected chi connectivity index (χ4v) is 3.94. The van der Waals surface area contributed by atoms with Crippen LogP contribution in [0.1, 0.15) is 11.1 Å². The Morgan fingerprint density at radius 2 is 1.43 bits per heavy atom. The maximum Gasteiger partial charge on any atom is 0.246 e. The van der Waals surface area contributed by atoms with Crippen molar-refractivity contribution >= 4 is 22.7 Å². The van der Waals surface area contributed by atoms with Crippen molar-refractivity contribution in [3.05, 3.63) is 71.7 Å². The van der Waals surface area contributed by atoms with E-state index >= 15 is 0 Å². The van der Waals surface area contributed by atoms with Crippen molar-refractivity contribution in [3.8, 4) is 0 Å². The van der Waals surface area contributed by atoms with Gasteiger partial charge in [-0.1, -0.05) is 36.4 Å². The normalized spacial score (nSPS) is 20.2. The molecule has 6 heteroatoms. The van der Waals surface area contributed by atoms with Crippen molar-refractivity contribution in [2.45, 2.75) is 24.9 Å². The summed E-state index contributed by atoms with van der Waals surface area (Å²) in [5, 5.41) is 1.05. The van der Waals surface area contributed by atoms with E-state index in [1.54, 1.807) is 32.3 Å². The first-order valence-corrected chi connectivity index (χ1v) is 9.29. The van der Waals surface area contributed by atoms with Gasteiger partial charge in [0.25, 0.3) is 0 Å². The number of rotatable bonds is 4. The second-order valence-corrected chi connectivity index (χ2v) is 7.29. The number of likely N-dealkylation sites (N-methyl/N-ethyl adjacent to an activating group) is 2. The minimum absolute atomic E-state index is 0.131. The van der Waals surface area contributed by atoms with E-state index in [9.17, 15) is 14.0 Å². The Hall–Kier alpha value is -3.15. The van der Waals surface area contributed by atoms with E-state index < -0.39 is 12.1 Å². The maximum atomic E-state index is 14.0. The highest BCUT2D eigenvalue weighted by atomic mass is 19.1. The van der Waals surface area contributed by atoms with Gasteiger partial charge in [-0.15, -0.1) is 0 Å². The molecule has 0 spiro atoms. The zero-order valence-electron chi connectivity index (χ0n) is 15.9. The molecule has 5 nitrogen and oxygen atoms in total. The van der Waals surface area contributed by atoms with Crippen molar-refractivity contribution < 1.29 is 14.0 Å². The zero-order chi connectivity index (χ0) is 19.8. The lowest BCUT2D eigenvalue weighted by Crippen LogP contribution is -2.63. The lowest BCUT2D eigenvalue weighted by atomic mass is 9.95. The average molecular weight is 379 g/mol. The number of carbonyl (C=O) groups is 2. The van der Waals surface area contributed by atoms with Crippen molar-refractivity contribution in [1.29, 1.82) is 0 Å². The molecule has 1 aliphatic rings. The number of amides is 2. The highest BCUT2D eigenvalue weighted by molar-refractivity contribution is 5.97. The number of hydrogen-bond acceptors (Lipinski definition) is 2. The highest BCUT2D eigenvalue weighted by Gasteiger charge is 2.42. The summed E-state index contributed by atoms with van der Waals surface area (Å²) in [6, 6.07) is 13.0. The molecule has 3 aromatic rings. The first-order valence-electron chi connectivity index (χ1n) is 9.29. The summed E-state index contributed by atoms with van der Waals surface area (Å²) >= 11 is 0. The number of halogens is 1. The van der Waals surface area contributed by atoms with Crippen LogP contribution < -0.4 is 0 Å². The summed E-state index contributed by atoms with van der Waals surface area (Å²) in [7, 11) is 3.28. The van der Waals surface area contributed by atoms with Crippen LogP contribution in [0.5, 0.6) is 0 Å². The Labute approximate surface area is 162 Å². The summed E-state index contributed by atoms with van der Waals surface area (Å²) in [6.07, 6.45) is 2.49. The predicted molar refractivity (Wildman–Crippen MR) is 105 cm³/mol. The van der Waals surface area contributed by atoms with E-state index in [2.05, 4.69) is 4.98 Å². The molecule has 1 fully saturated rings. The van der Waals surface area contributed by atoms with Crippen LogP contribution >= 0.6 is 0 Å². The molecule has 1 saturated heterocycles. The fraction of sp³-hybridized carbons (Fsp3) is 0.273. The molecule has 28 heavy (non-hydrogen) atoms. The summed E-state index contributed by atoms with van der Waals surface area (Å²) < 4.78 is 14.0. The molecule has 2 aromatic carbocycles. The third kappa shape index (κ3) is 3.05. The molecule has 144 valence electrons. The molecule has 4 rings (SSSR count). The number of fused-ring (bicyclic) bond motifs is 1. The van der Waals surface area contributed by atoms with Crippen LogP contribution in [-0.2, 0) is 22.4 Å². The number of nitrogens with zero attached hydrogens (tertiary/aromatic N) is 2. The Kier molecular flexibility index (Phi) is 4.63. The molecule has 2 atom stereocenters. The monoisotopic (exact) mass is 379 g/mol. The number of aromatic amines is 1. The third-order valence-corrected chi connectivity index (χ3v) is 5.66. The number of para-hydroxylation sites is 1. The minimum atomic E-state index is -0.700. The average Bonchev–Trinajstić information content (AvgIpc) is 3.11. The van der Waals surface area contributed by atoms with Gasteiger partial charge in [-0.2, -0.15) is 0 Å². The second kappa shape index (κ2) is 7.11. The van der Waals surface area contributed by atoms with Gasteiger partial charge in [0.15, 0.2) is 0 Å². The smallest absolute Gasteiger partial charge is 0.246 e. The van der Waals surface area contributed by atoms with Crippen molar-refractivity contribution in [3.63, 3.8) is 0 Å². The van der Waals surface area contributed by atoms with E-state index in [4.69, 9.17) is 0 Å². The van der Waals surface area contributed by atoms with Crippen molar-refractivity contribution in [2.24, 2.45) is 0 Å². The summed E-state index contributed by atoms with van der Waals surface area (Å²) in [4.78, 5) is 32.2. The van der Waals surface area contributed by atoms with Gasteiger partial charge in [0.05, 0.1) is 0 Å². The van der Waals surface area contributed by atoms with Crippen LogP contribution in [0, 0.1) is 5.82 Å². The number of aromatic nitrogens is 1. The molecule has 0 saturated carbocycles. The van der Waals surface area contributed by atoms with Crippen LogP contribution in [0.3, 0.4) is 0 Å². The molecular weight excluding hydrogens is 357 g/mol. The van der Waals surface area contributed by atoms with Gasteiger partial charge in [0, 0.05) is 44.0 Å². The van der Waals surface area contributed by atoms with E-state index in [0.717, 1.165) is 16.5 Å². The Balaban J connectivity index is 1.58. The minimum Gasteiger partial charge on any atom is -0.361 e. The Morgan fingerprint density at radius 3 is 2.11 bits per heavy atom. The number of H-pyrrole nitrogens is 1. The zero-order valence-corrected chi connectivity index (χ0v) is 15.9. The van der Waals surface area contributed by atoms with E-state index in [0.29, 0.717) is 12.0 Å². The number of piperazine rings is 1. The van der Waals surface area contributed by atoms with Gasteiger partial charge in [-0.25, -0.2) is 4.39 Å². The van der Waals surface area contributed by atoms with Crippen LogP contribution in [0.15, 0.2) is 54.7 Å². The summed E-state index contributed by atoms with van der Waals surface area (Å²) in [5.74, 6) is -0.663. The molecule has 2 heterocycles. The number of hydrogen-bond donors (Lipinski definition) is 1. The van der Waals surface area contributed by atoms with Gasteiger partial charge >= 0.3 is 0 Å². The number of carbonyl (C=O) groups excluding carboxylic acids is 2. The molecule has 1 aliphatic heterocycles. The van der Waals surface area contributed by atoms with Crippen LogP contribution in [-0.4, -0.2) is 52.8 Å². The van der Waals surface area contributed by atoms with Crippen molar-refractivity contribution in [1.82, 2.24) is 14.8 Å². The third-order valence-electron chi connectivity index (χ3n) is 5.66. The first kappa shape index (κ1) is 18.2. The number of nitrogens with one attached hydrogen (secondary N) is 1. The lowest BCUT2D eigenvalue weighted by Gasteiger charge is -2.42. The predicted octanol–water partition coefficient (Wildman–Crippen LogP) is 2.76. The quantitative estimate of drug-likeness (QED) is 0.758. The van der Waals surface area contributed by atoms with Crippen LogP contribution in [0.25, 0.3) is 10.9 Å². The largest absolute Gasteiger partial charge is 0.361 e. The fourth-order valence-electron chi connectivity index (χ4n) is 3.94. The molecule has 0 aliphatic carbocycles. The molecule has 0 bridgehead atoms. The maximum absolute atomic E-state index is 14.0. The van der Waals surface area contributed by atoms with E-state index in [-0.39, 0.29) is 24.1 Å².